The molecule has 2 saturated carbocycles. The van der Waals surface area contributed by atoms with Gasteiger partial charge in [0, 0.05) is 29.7 Å². The molecule has 0 spiro atoms. The van der Waals surface area contributed by atoms with E-state index < -0.39 is 62.7 Å². The number of ether oxygens (including phenoxy) is 1. The lowest BCUT2D eigenvalue weighted by Crippen LogP contribution is -2.57. The first kappa shape index (κ1) is 34.0. The molecule has 3 fully saturated rings. The summed E-state index contributed by atoms with van der Waals surface area (Å²) in [7, 11) is -3.86. The number of hydrogen-bond acceptors (Lipinski definition) is 10. The van der Waals surface area contributed by atoms with E-state index in [1.54, 1.807) is 12.1 Å². The van der Waals surface area contributed by atoms with Crippen molar-refractivity contribution in [2.24, 2.45) is 5.92 Å². The number of carbonyl (C=O) groups is 4. The van der Waals surface area contributed by atoms with E-state index in [-0.39, 0.29) is 31.1 Å². The molecule has 0 radical (unpaired) electrons. The number of aryl methyl sites for hydroxylation is 1. The van der Waals surface area contributed by atoms with Gasteiger partial charge in [-0.15, -0.1) is 11.3 Å². The van der Waals surface area contributed by atoms with Gasteiger partial charge >= 0.3 is 5.97 Å². The molecule has 12 nitrogen and oxygen atoms in total. The number of esters is 1. The summed E-state index contributed by atoms with van der Waals surface area (Å²) in [5.74, 6) is -3.10. The molecule has 2 aromatic rings. The minimum atomic E-state index is -3.86. The number of amides is 3. The van der Waals surface area contributed by atoms with E-state index in [1.807, 2.05) is 19.1 Å². The Hall–Kier alpha value is -3.85. The van der Waals surface area contributed by atoms with E-state index in [1.165, 1.54) is 35.3 Å². The van der Waals surface area contributed by atoms with Gasteiger partial charge in [-0.25, -0.2) is 17.8 Å². The van der Waals surface area contributed by atoms with Gasteiger partial charge < -0.3 is 20.3 Å². The number of rotatable bonds is 7. The highest BCUT2D eigenvalue weighted by Gasteiger charge is 2.62. The van der Waals surface area contributed by atoms with Crippen molar-refractivity contribution < 1.29 is 36.7 Å². The Morgan fingerprint density at radius 3 is 2.58 bits per heavy atom. The lowest BCUT2D eigenvalue weighted by molar-refractivity contribution is -0.146. The van der Waals surface area contributed by atoms with Crippen LogP contribution in [-0.2, 0) is 33.9 Å². The minimum absolute atomic E-state index is 0.0214. The molecule has 258 valence electrons. The van der Waals surface area contributed by atoms with Crippen molar-refractivity contribution in [3.8, 4) is 11.3 Å². The third-order valence-corrected chi connectivity index (χ3v) is 12.1. The summed E-state index contributed by atoms with van der Waals surface area (Å²) in [6.07, 6.45) is 7.79. The Balaban J connectivity index is 1.27. The standard InChI is InChI=1S/C33H40FN5O7S2/c1-19-28(21-10-12-23(34)13-11-21)36-32(47-19)35-26-9-7-5-3-4-6-8-22-17-33(22,31(43)38-48(44,45)25-14-15-25)37-29(41)27-16-24(46-20(2)40)18-39(27)30(26)42/h6,8,10-13,22,24-27H,3-5,7,9,14-18H2,1-2H3,(H,35,36)(H,37,41)(H,38,43)/t22-,24-,26+,27+,33-/m1/s1. The van der Waals surface area contributed by atoms with E-state index in [4.69, 9.17) is 9.72 Å². The number of sulfonamides is 1. The fourth-order valence-corrected chi connectivity index (χ4v) is 8.82. The van der Waals surface area contributed by atoms with Gasteiger partial charge in [0.1, 0.15) is 29.5 Å². The van der Waals surface area contributed by atoms with Crippen LogP contribution in [0.15, 0.2) is 36.4 Å². The van der Waals surface area contributed by atoms with Crippen LogP contribution in [0, 0.1) is 18.7 Å². The van der Waals surface area contributed by atoms with Gasteiger partial charge in [-0.3, -0.25) is 23.9 Å². The zero-order valence-corrected chi connectivity index (χ0v) is 28.5. The van der Waals surface area contributed by atoms with Crippen molar-refractivity contribution >= 4 is 50.2 Å². The highest BCUT2D eigenvalue weighted by molar-refractivity contribution is 7.91. The van der Waals surface area contributed by atoms with Crippen LogP contribution >= 0.6 is 11.3 Å². The molecule has 5 atom stereocenters. The van der Waals surface area contributed by atoms with Crippen LogP contribution in [-0.4, -0.2) is 77.5 Å². The van der Waals surface area contributed by atoms with Crippen LogP contribution in [0.1, 0.15) is 69.6 Å². The molecule has 2 aliphatic carbocycles. The van der Waals surface area contributed by atoms with Gasteiger partial charge in [0.2, 0.25) is 21.8 Å². The van der Waals surface area contributed by atoms with Gasteiger partial charge in [-0.1, -0.05) is 25.0 Å². The van der Waals surface area contributed by atoms with Crippen LogP contribution < -0.4 is 15.4 Å². The van der Waals surface area contributed by atoms with E-state index in [0.717, 1.165) is 29.7 Å². The van der Waals surface area contributed by atoms with E-state index >= 15 is 0 Å². The molecule has 3 heterocycles. The molecule has 4 aliphatic rings. The lowest BCUT2D eigenvalue weighted by Gasteiger charge is -2.29. The summed E-state index contributed by atoms with van der Waals surface area (Å²) in [6, 6.07) is 4.18. The summed E-state index contributed by atoms with van der Waals surface area (Å²) in [6.45, 7) is 3.13. The maximum absolute atomic E-state index is 14.3. The topological polar surface area (TPSA) is 164 Å². The number of anilines is 1. The van der Waals surface area contributed by atoms with Gasteiger partial charge in [-0.2, -0.15) is 0 Å². The molecule has 1 saturated heterocycles. The van der Waals surface area contributed by atoms with Gasteiger partial charge in [-0.05, 0) is 69.7 Å². The highest BCUT2D eigenvalue weighted by Crippen LogP contribution is 2.46. The normalized spacial score (nSPS) is 27.9. The SMILES string of the molecule is CC(=O)O[C@@H]1C[C@H]2C(=O)N[C@]3(C(=O)NS(=O)(=O)C4CC4)C[C@H]3C=CCCCCC[C@H](Nc3nc(-c4ccc(F)cc4)c(C)s3)C(=O)N2C1. The smallest absolute Gasteiger partial charge is 0.302 e. The molecule has 15 heteroatoms. The molecule has 1 aromatic carbocycles. The number of carbonyl (C=O) groups excluding carboxylic acids is 4. The predicted octanol–water partition coefficient (Wildman–Crippen LogP) is 3.57. The maximum atomic E-state index is 14.3. The molecular weight excluding hydrogens is 662 g/mol. The van der Waals surface area contributed by atoms with Gasteiger partial charge in [0.25, 0.3) is 5.91 Å². The first-order chi connectivity index (χ1) is 22.9. The number of halogens is 1. The quantitative estimate of drug-likeness (QED) is 0.289. The minimum Gasteiger partial charge on any atom is -0.461 e. The van der Waals surface area contributed by atoms with Crippen molar-refractivity contribution in [2.75, 3.05) is 11.9 Å². The summed E-state index contributed by atoms with van der Waals surface area (Å²) < 4.78 is 46.5. The molecule has 1 aromatic heterocycles. The Labute approximate surface area is 282 Å². The van der Waals surface area contributed by atoms with Crippen LogP contribution in [0.3, 0.4) is 0 Å². The van der Waals surface area contributed by atoms with Gasteiger partial charge in [0.05, 0.1) is 17.5 Å². The number of nitrogens with zero attached hydrogens (tertiary/aromatic N) is 2. The predicted molar refractivity (Wildman–Crippen MR) is 177 cm³/mol. The lowest BCUT2D eigenvalue weighted by atomic mass is 10.1. The zero-order chi connectivity index (χ0) is 34.2. The number of allylic oxidation sites excluding steroid dienone is 1. The summed E-state index contributed by atoms with van der Waals surface area (Å²) in [5.41, 5.74) is -0.0727. The molecule has 0 unspecified atom stereocenters. The monoisotopic (exact) mass is 701 g/mol. The summed E-state index contributed by atoms with van der Waals surface area (Å²) in [4.78, 5) is 60.7. The molecule has 48 heavy (non-hydrogen) atoms. The van der Waals surface area contributed by atoms with Crippen LogP contribution in [0.5, 0.6) is 0 Å². The number of nitrogens with one attached hydrogen (secondary N) is 3. The second-order valence-corrected chi connectivity index (χ2v) is 16.3. The molecule has 6 rings (SSSR count). The number of aromatic nitrogens is 1. The third-order valence-electron chi connectivity index (χ3n) is 9.39. The molecule has 2 aliphatic heterocycles. The summed E-state index contributed by atoms with van der Waals surface area (Å²) >= 11 is 1.36. The fourth-order valence-electron chi connectivity index (χ4n) is 6.56. The van der Waals surface area contributed by atoms with E-state index in [9.17, 15) is 32.0 Å². The Bertz CT molecular complexity index is 1730. The Morgan fingerprint density at radius 1 is 1.12 bits per heavy atom. The average Bonchev–Trinajstić information content (AvgIpc) is 3.93. The maximum Gasteiger partial charge on any atom is 0.302 e. The first-order valence-electron chi connectivity index (χ1n) is 16.4. The van der Waals surface area contributed by atoms with Crippen LogP contribution in [0.2, 0.25) is 0 Å². The van der Waals surface area contributed by atoms with Crippen molar-refractivity contribution in [2.45, 2.75) is 101 Å². The third kappa shape index (κ3) is 7.41. The van der Waals surface area contributed by atoms with Crippen LogP contribution in [0.4, 0.5) is 9.52 Å². The average molecular weight is 702 g/mol. The molecule has 0 bridgehead atoms. The number of hydrogen-bond donors (Lipinski definition) is 3. The Morgan fingerprint density at radius 2 is 1.88 bits per heavy atom. The van der Waals surface area contributed by atoms with Crippen molar-refractivity contribution in [1.82, 2.24) is 19.9 Å². The fraction of sp³-hybridized carbons (Fsp3) is 0.545. The molecule has 3 amide bonds. The molecular formula is C33H40FN5O7S2. The van der Waals surface area contributed by atoms with Crippen LogP contribution in [0.25, 0.3) is 11.3 Å². The first-order valence-corrected chi connectivity index (χ1v) is 18.7. The number of benzene rings is 1. The Kier molecular flexibility index (Phi) is 9.62. The largest absolute Gasteiger partial charge is 0.461 e. The van der Waals surface area contributed by atoms with Crippen molar-refractivity contribution in [3.63, 3.8) is 0 Å². The van der Waals surface area contributed by atoms with Gasteiger partial charge in [0.15, 0.2) is 5.13 Å². The molecule has 3 N–H and O–H groups in total. The zero-order valence-electron chi connectivity index (χ0n) is 26.9. The number of thiazole rings is 1. The van der Waals surface area contributed by atoms with Crippen molar-refractivity contribution in [1.29, 1.82) is 0 Å². The second kappa shape index (κ2) is 13.6. The van der Waals surface area contributed by atoms with E-state index in [0.29, 0.717) is 36.5 Å². The summed E-state index contributed by atoms with van der Waals surface area (Å²) in [5, 5.41) is 5.99. The highest BCUT2D eigenvalue weighted by atomic mass is 32.2. The number of fused-ring (bicyclic) bond motifs is 2. The second-order valence-electron chi connectivity index (χ2n) is 13.1. The van der Waals surface area contributed by atoms with Crippen molar-refractivity contribution in [3.05, 3.63) is 47.1 Å². The van der Waals surface area contributed by atoms with E-state index in [2.05, 4.69) is 15.4 Å².